The van der Waals surface area contributed by atoms with Crippen LogP contribution in [-0.2, 0) is 0 Å². The average Bonchev–Trinajstić information content (AvgIpc) is 3.92. The second kappa shape index (κ2) is 16.5. The molecule has 332 valence electrons. The van der Waals surface area contributed by atoms with Crippen LogP contribution in [0.4, 0.5) is 17.1 Å². The molecule has 7 aromatic heterocycles. The average molecular weight is 894 g/mol. The minimum absolute atomic E-state index is 0.633. The summed E-state index contributed by atoms with van der Waals surface area (Å²) in [6, 6.07) is 53.3. The van der Waals surface area contributed by atoms with E-state index in [0.717, 1.165) is 123 Å². The Labute approximate surface area is 400 Å². The lowest BCUT2D eigenvalue weighted by Gasteiger charge is -2.32. The molecule has 0 saturated carbocycles. The summed E-state index contributed by atoms with van der Waals surface area (Å²) in [5.41, 5.74) is 23.0. The van der Waals surface area contributed by atoms with Crippen molar-refractivity contribution in [2.45, 2.75) is 41.5 Å². The van der Waals surface area contributed by atoms with Crippen molar-refractivity contribution in [2.75, 3.05) is 4.90 Å². The predicted molar refractivity (Wildman–Crippen MR) is 281 cm³/mol. The first kappa shape index (κ1) is 41.6. The summed E-state index contributed by atoms with van der Waals surface area (Å²) in [7, 11) is 0. The van der Waals surface area contributed by atoms with Crippen LogP contribution in [0.1, 0.15) is 33.4 Å². The first-order valence-corrected chi connectivity index (χ1v) is 23.3. The van der Waals surface area contributed by atoms with E-state index in [-0.39, 0.29) is 0 Å². The zero-order valence-electron chi connectivity index (χ0n) is 39.3. The van der Waals surface area contributed by atoms with Crippen LogP contribution in [0.2, 0.25) is 0 Å². The summed E-state index contributed by atoms with van der Waals surface area (Å²) in [4.78, 5) is 33.4. The molecule has 0 aliphatic rings. The number of hydrogen-bond donors (Lipinski definition) is 0. The Morgan fingerprint density at radius 2 is 0.725 bits per heavy atom. The van der Waals surface area contributed by atoms with Gasteiger partial charge in [0.05, 0.1) is 50.5 Å². The molecule has 0 aliphatic heterocycles. The molecule has 12 rings (SSSR count). The van der Waals surface area contributed by atoms with Crippen molar-refractivity contribution in [3.05, 3.63) is 210 Å². The van der Waals surface area contributed by atoms with Crippen molar-refractivity contribution in [2.24, 2.45) is 0 Å². The van der Waals surface area contributed by atoms with Crippen molar-refractivity contribution in [1.82, 2.24) is 39.0 Å². The maximum Gasteiger partial charge on any atom is 0.160 e. The van der Waals surface area contributed by atoms with Crippen molar-refractivity contribution in [3.8, 4) is 45.3 Å². The van der Waals surface area contributed by atoms with Crippen molar-refractivity contribution in [3.63, 3.8) is 0 Å². The lowest BCUT2D eigenvalue weighted by molar-refractivity contribution is 1.08. The standard InChI is InChI=1S/C60H47N9/c1-36-17-21-45(22-18-36)67(46-23-19-37(2)20-24-46)59-49(68-55-38(3)25-29-61-51(55)52-56(68)39(4)26-30-62-52)33-44(34-50(59)69-57-40(5)27-31-63-53(57)54-58(69)41(6)28-32-64-54)48-35-47(42-13-9-7-10-14-42)65-60(66-48)43-15-11-8-12-16-43/h7-35H,1-6H3. The van der Waals surface area contributed by atoms with Gasteiger partial charge < -0.3 is 14.0 Å². The van der Waals surface area contributed by atoms with Gasteiger partial charge >= 0.3 is 0 Å². The lowest BCUT2D eigenvalue weighted by atomic mass is 10.0. The summed E-state index contributed by atoms with van der Waals surface area (Å²) in [6.07, 6.45) is 7.56. The first-order chi connectivity index (χ1) is 33.7. The van der Waals surface area contributed by atoms with E-state index in [1.807, 2.05) is 49.1 Å². The molecule has 0 bridgehead atoms. The SMILES string of the molecule is Cc1ccc(N(c2ccc(C)cc2)c2c(-n3c4c(C)ccnc4c4nccc(C)c43)cc(-c3cc(-c4ccccc4)nc(-c4ccccc4)n3)cc2-n2c3c(C)ccnc3c3nccc(C)c32)cc1. The van der Waals surface area contributed by atoms with Crippen LogP contribution in [0.3, 0.4) is 0 Å². The normalized spacial score (nSPS) is 11.6. The third-order valence-electron chi connectivity index (χ3n) is 13.3. The highest BCUT2D eigenvalue weighted by Crippen LogP contribution is 2.49. The number of hydrogen-bond acceptors (Lipinski definition) is 7. The van der Waals surface area contributed by atoms with Crippen LogP contribution in [0.25, 0.3) is 89.4 Å². The molecule has 9 nitrogen and oxygen atoms in total. The van der Waals surface area contributed by atoms with Crippen molar-refractivity contribution >= 4 is 61.2 Å². The molecule has 69 heavy (non-hydrogen) atoms. The Balaban J connectivity index is 1.34. The Bertz CT molecular complexity index is 3580. The van der Waals surface area contributed by atoms with Gasteiger partial charge in [0.1, 0.15) is 22.1 Å². The second-order valence-electron chi connectivity index (χ2n) is 18.0. The van der Waals surface area contributed by atoms with E-state index in [0.29, 0.717) is 5.82 Å². The van der Waals surface area contributed by atoms with Gasteiger partial charge in [-0.05, 0) is 131 Å². The number of nitrogens with zero attached hydrogens (tertiary/aromatic N) is 9. The molecular formula is C60H47N9. The maximum atomic E-state index is 5.48. The van der Waals surface area contributed by atoms with Gasteiger partial charge in [0.25, 0.3) is 0 Å². The molecule has 0 radical (unpaired) electrons. The second-order valence-corrected chi connectivity index (χ2v) is 18.0. The molecule has 0 spiro atoms. The minimum atomic E-state index is 0.633. The molecule has 0 aliphatic carbocycles. The van der Waals surface area contributed by atoms with Gasteiger partial charge in [-0.25, -0.2) is 9.97 Å². The van der Waals surface area contributed by atoms with Gasteiger partial charge in [0, 0.05) is 52.9 Å². The van der Waals surface area contributed by atoms with E-state index in [1.165, 1.54) is 11.1 Å². The molecule has 0 fully saturated rings. The fourth-order valence-electron chi connectivity index (χ4n) is 9.91. The quantitative estimate of drug-likeness (QED) is 0.150. The van der Waals surface area contributed by atoms with Crippen LogP contribution in [-0.4, -0.2) is 39.0 Å². The molecule has 12 aromatic rings. The Morgan fingerprint density at radius 3 is 1.12 bits per heavy atom. The van der Waals surface area contributed by atoms with E-state index < -0.39 is 0 Å². The summed E-state index contributed by atoms with van der Waals surface area (Å²) in [6.45, 7) is 12.9. The number of anilines is 3. The third-order valence-corrected chi connectivity index (χ3v) is 13.3. The maximum absolute atomic E-state index is 5.48. The molecule has 0 atom stereocenters. The number of aryl methyl sites for hydroxylation is 6. The summed E-state index contributed by atoms with van der Waals surface area (Å²) < 4.78 is 4.79. The lowest BCUT2D eigenvalue weighted by Crippen LogP contribution is -2.17. The number of fused-ring (bicyclic) bond motifs is 6. The van der Waals surface area contributed by atoms with Gasteiger partial charge in [-0.15, -0.1) is 0 Å². The molecule has 0 unspecified atom stereocenters. The molecule has 0 saturated heterocycles. The van der Waals surface area contributed by atoms with Crippen molar-refractivity contribution < 1.29 is 0 Å². The van der Waals surface area contributed by atoms with E-state index in [9.17, 15) is 0 Å². The van der Waals surface area contributed by atoms with Gasteiger partial charge in [0.15, 0.2) is 5.82 Å². The van der Waals surface area contributed by atoms with Gasteiger partial charge in [-0.2, -0.15) is 0 Å². The van der Waals surface area contributed by atoms with Crippen LogP contribution in [0, 0.1) is 41.5 Å². The van der Waals surface area contributed by atoms with Crippen molar-refractivity contribution in [1.29, 1.82) is 0 Å². The van der Waals surface area contributed by atoms with Crippen LogP contribution >= 0.6 is 0 Å². The summed E-state index contributed by atoms with van der Waals surface area (Å²) in [5, 5.41) is 0. The number of aromatic nitrogens is 8. The Hall–Kier alpha value is -8.82. The Morgan fingerprint density at radius 1 is 0.362 bits per heavy atom. The van der Waals surface area contributed by atoms with Crippen LogP contribution in [0.15, 0.2) is 176 Å². The zero-order valence-corrected chi connectivity index (χ0v) is 39.3. The molecule has 7 heterocycles. The first-order valence-electron chi connectivity index (χ1n) is 23.3. The highest BCUT2D eigenvalue weighted by atomic mass is 15.2. The topological polar surface area (TPSA) is 90.4 Å². The van der Waals surface area contributed by atoms with Crippen LogP contribution < -0.4 is 4.90 Å². The number of benzene rings is 5. The van der Waals surface area contributed by atoms with Gasteiger partial charge in [-0.1, -0.05) is 96.1 Å². The third kappa shape index (κ3) is 6.92. The fourth-order valence-corrected chi connectivity index (χ4v) is 9.91. The molecular weight excluding hydrogens is 847 g/mol. The Kier molecular flexibility index (Phi) is 9.95. The largest absolute Gasteiger partial charge is 0.307 e. The zero-order chi connectivity index (χ0) is 46.9. The van der Waals surface area contributed by atoms with E-state index in [1.54, 1.807) is 0 Å². The van der Waals surface area contributed by atoms with E-state index >= 15 is 0 Å². The highest BCUT2D eigenvalue weighted by molar-refractivity contribution is 6.11. The summed E-state index contributed by atoms with van der Waals surface area (Å²) in [5.74, 6) is 0.633. The number of rotatable bonds is 8. The molecule has 0 N–H and O–H groups in total. The highest BCUT2D eigenvalue weighted by Gasteiger charge is 2.30. The van der Waals surface area contributed by atoms with E-state index in [4.69, 9.17) is 29.9 Å². The fraction of sp³-hybridized carbons (Fsp3) is 0.100. The van der Waals surface area contributed by atoms with Gasteiger partial charge in [-0.3, -0.25) is 19.9 Å². The van der Waals surface area contributed by atoms with Gasteiger partial charge in [0.2, 0.25) is 0 Å². The number of pyridine rings is 4. The smallest absolute Gasteiger partial charge is 0.160 e. The molecule has 9 heteroatoms. The van der Waals surface area contributed by atoms with E-state index in [2.05, 4.69) is 183 Å². The molecule has 0 amide bonds. The molecule has 5 aromatic carbocycles. The predicted octanol–water partition coefficient (Wildman–Crippen LogP) is 14.6. The van der Waals surface area contributed by atoms with Crippen LogP contribution in [0.5, 0.6) is 0 Å². The summed E-state index contributed by atoms with van der Waals surface area (Å²) >= 11 is 0. The monoisotopic (exact) mass is 893 g/mol. The minimum Gasteiger partial charge on any atom is -0.307 e.